The van der Waals surface area contributed by atoms with Crippen LogP contribution in [0.5, 0.6) is 0 Å². The number of hydrogen-bond acceptors (Lipinski definition) is 4. The smallest absolute Gasteiger partial charge is 0.262 e. The minimum Gasteiger partial charge on any atom is -0.293 e. The summed E-state index contributed by atoms with van der Waals surface area (Å²) in [6.07, 6.45) is 0.821. The molecule has 3 aromatic rings. The highest BCUT2D eigenvalue weighted by Gasteiger charge is 2.14. The van der Waals surface area contributed by atoms with Crippen LogP contribution in [0.25, 0.3) is 10.9 Å². The summed E-state index contributed by atoms with van der Waals surface area (Å²) in [6, 6.07) is 14.6. The summed E-state index contributed by atoms with van der Waals surface area (Å²) in [5.74, 6) is 0.279. The van der Waals surface area contributed by atoms with E-state index in [1.54, 1.807) is 22.8 Å². The minimum absolute atomic E-state index is 0.0267. The van der Waals surface area contributed by atoms with Gasteiger partial charge in [0.05, 0.1) is 16.7 Å². The van der Waals surface area contributed by atoms with Crippen molar-refractivity contribution in [1.82, 2.24) is 9.55 Å². The molecule has 4 nitrogen and oxygen atoms in total. The molecular formula is C19H17BrN2O2S. The number of thioether (sulfide) groups is 1. The Labute approximate surface area is 158 Å². The second-order valence-corrected chi connectivity index (χ2v) is 7.45. The Kier molecular flexibility index (Phi) is 5.71. The van der Waals surface area contributed by atoms with Crippen LogP contribution >= 0.6 is 27.7 Å². The van der Waals surface area contributed by atoms with Gasteiger partial charge in [-0.1, -0.05) is 64.9 Å². The minimum atomic E-state index is -0.0668. The lowest BCUT2D eigenvalue weighted by Crippen LogP contribution is -2.23. The first-order valence-electron chi connectivity index (χ1n) is 8.01. The second-order valence-electron chi connectivity index (χ2n) is 5.59. The van der Waals surface area contributed by atoms with Crippen molar-refractivity contribution in [3.8, 4) is 0 Å². The Morgan fingerprint density at radius 2 is 1.96 bits per heavy atom. The number of nitrogens with zero attached hydrogens (tertiary/aromatic N) is 2. The number of carbonyl (C=O) groups excluding carboxylic acids is 1. The molecule has 0 N–H and O–H groups in total. The summed E-state index contributed by atoms with van der Waals surface area (Å²) in [7, 11) is 0. The maximum Gasteiger partial charge on any atom is 0.262 e. The largest absolute Gasteiger partial charge is 0.293 e. The van der Waals surface area contributed by atoms with Gasteiger partial charge in [0.15, 0.2) is 10.9 Å². The zero-order valence-electron chi connectivity index (χ0n) is 13.7. The lowest BCUT2D eigenvalue weighted by molar-refractivity contribution is 0.102. The van der Waals surface area contributed by atoms with Crippen molar-refractivity contribution < 1.29 is 4.79 Å². The second kappa shape index (κ2) is 7.97. The predicted molar refractivity (Wildman–Crippen MR) is 105 cm³/mol. The topological polar surface area (TPSA) is 52.0 Å². The number of aromatic nitrogens is 2. The number of halogens is 1. The van der Waals surface area contributed by atoms with Crippen molar-refractivity contribution in [2.45, 2.75) is 25.0 Å². The molecule has 0 radical (unpaired) electrons. The summed E-state index contributed by atoms with van der Waals surface area (Å²) < 4.78 is 2.51. The van der Waals surface area contributed by atoms with Gasteiger partial charge in [-0.15, -0.1) is 0 Å². The zero-order valence-corrected chi connectivity index (χ0v) is 16.1. The highest BCUT2D eigenvalue weighted by molar-refractivity contribution is 9.10. The van der Waals surface area contributed by atoms with Gasteiger partial charge in [-0.05, 0) is 24.6 Å². The average molecular weight is 417 g/mol. The molecule has 6 heteroatoms. The summed E-state index contributed by atoms with van der Waals surface area (Å²) in [5.41, 5.74) is 1.25. The molecule has 0 aliphatic heterocycles. The molecule has 1 heterocycles. The summed E-state index contributed by atoms with van der Waals surface area (Å²) >= 11 is 4.71. The Morgan fingerprint density at radius 3 is 2.68 bits per heavy atom. The Bertz CT molecular complexity index is 970. The van der Waals surface area contributed by atoms with Gasteiger partial charge in [0.2, 0.25) is 0 Å². The van der Waals surface area contributed by atoms with E-state index >= 15 is 0 Å². The number of fused-ring (bicyclic) bond motifs is 1. The number of carbonyl (C=O) groups is 1. The van der Waals surface area contributed by atoms with Crippen molar-refractivity contribution in [3.63, 3.8) is 0 Å². The van der Waals surface area contributed by atoms with Gasteiger partial charge in [0.25, 0.3) is 5.56 Å². The maximum absolute atomic E-state index is 12.8. The molecule has 2 aromatic carbocycles. The summed E-state index contributed by atoms with van der Waals surface area (Å²) in [6.45, 7) is 2.59. The van der Waals surface area contributed by atoms with E-state index in [0.717, 1.165) is 10.9 Å². The van der Waals surface area contributed by atoms with Gasteiger partial charge >= 0.3 is 0 Å². The first-order valence-corrected chi connectivity index (χ1v) is 9.79. The maximum atomic E-state index is 12.8. The van der Waals surface area contributed by atoms with E-state index in [0.29, 0.717) is 28.2 Å². The zero-order chi connectivity index (χ0) is 17.8. The van der Waals surface area contributed by atoms with Crippen LogP contribution in [-0.4, -0.2) is 21.1 Å². The number of benzene rings is 2. The quantitative estimate of drug-likeness (QED) is 0.336. The highest BCUT2D eigenvalue weighted by Crippen LogP contribution is 2.21. The fourth-order valence-electron chi connectivity index (χ4n) is 2.54. The first-order chi connectivity index (χ1) is 12.1. The third kappa shape index (κ3) is 4.02. The lowest BCUT2D eigenvalue weighted by Gasteiger charge is -2.12. The number of ketones is 1. The van der Waals surface area contributed by atoms with Gasteiger partial charge in [-0.25, -0.2) is 4.98 Å². The van der Waals surface area contributed by atoms with Crippen molar-refractivity contribution in [3.05, 3.63) is 68.9 Å². The van der Waals surface area contributed by atoms with Crippen LogP contribution in [0.4, 0.5) is 0 Å². The standard InChI is InChI=1S/C19H17BrN2O2S/c1-2-10-22-18(24)15-11-14(20)8-9-16(15)21-19(22)25-12-17(23)13-6-4-3-5-7-13/h3-9,11H,2,10,12H2,1H3. The normalized spacial score (nSPS) is 11.0. The molecule has 1 aromatic heterocycles. The third-order valence-corrected chi connectivity index (χ3v) is 5.23. The highest BCUT2D eigenvalue weighted by atomic mass is 79.9. The van der Waals surface area contributed by atoms with Crippen LogP contribution in [0.1, 0.15) is 23.7 Å². The van der Waals surface area contributed by atoms with Crippen LogP contribution in [0, 0.1) is 0 Å². The molecule has 25 heavy (non-hydrogen) atoms. The summed E-state index contributed by atoms with van der Waals surface area (Å²) in [5, 5.41) is 1.17. The van der Waals surface area contributed by atoms with E-state index in [4.69, 9.17) is 0 Å². The Morgan fingerprint density at radius 1 is 1.20 bits per heavy atom. The van der Waals surface area contributed by atoms with Crippen LogP contribution in [-0.2, 0) is 6.54 Å². The number of Topliss-reactive ketones (excluding diaryl/α,β-unsaturated/α-hetero) is 1. The number of rotatable bonds is 6. The molecule has 0 aliphatic rings. The van der Waals surface area contributed by atoms with E-state index in [2.05, 4.69) is 20.9 Å². The van der Waals surface area contributed by atoms with Crippen molar-refractivity contribution in [2.75, 3.05) is 5.75 Å². The van der Waals surface area contributed by atoms with Crippen molar-refractivity contribution in [2.24, 2.45) is 0 Å². The molecule has 0 spiro atoms. The lowest BCUT2D eigenvalue weighted by atomic mass is 10.2. The molecule has 0 atom stereocenters. The van der Waals surface area contributed by atoms with Crippen molar-refractivity contribution >= 4 is 44.4 Å². The fraction of sp³-hybridized carbons (Fsp3) is 0.211. The van der Waals surface area contributed by atoms with Crippen LogP contribution in [0.3, 0.4) is 0 Å². The number of hydrogen-bond donors (Lipinski definition) is 0. The van der Waals surface area contributed by atoms with Crippen LogP contribution in [0.2, 0.25) is 0 Å². The monoisotopic (exact) mass is 416 g/mol. The van der Waals surface area contributed by atoms with Gasteiger partial charge in [0, 0.05) is 16.6 Å². The summed E-state index contributed by atoms with van der Waals surface area (Å²) in [4.78, 5) is 29.8. The fourth-order valence-corrected chi connectivity index (χ4v) is 3.82. The molecule has 0 bridgehead atoms. The van der Waals surface area contributed by atoms with E-state index < -0.39 is 0 Å². The molecule has 0 fully saturated rings. The molecular weight excluding hydrogens is 400 g/mol. The van der Waals surface area contributed by atoms with Gasteiger partial charge < -0.3 is 0 Å². The van der Waals surface area contributed by atoms with Gasteiger partial charge in [-0.3, -0.25) is 14.2 Å². The first kappa shape index (κ1) is 17.9. The van der Waals surface area contributed by atoms with Crippen molar-refractivity contribution in [1.29, 1.82) is 0 Å². The van der Waals surface area contributed by atoms with Crippen LogP contribution in [0.15, 0.2) is 63.0 Å². The Hall–Kier alpha value is -1.92. The SMILES string of the molecule is CCCn1c(SCC(=O)c2ccccc2)nc2ccc(Br)cc2c1=O. The van der Waals surface area contributed by atoms with Gasteiger partial charge in [0.1, 0.15) is 0 Å². The van der Waals surface area contributed by atoms with E-state index in [-0.39, 0.29) is 17.1 Å². The van der Waals surface area contributed by atoms with E-state index in [1.807, 2.05) is 37.3 Å². The van der Waals surface area contributed by atoms with Crippen LogP contribution < -0.4 is 5.56 Å². The van der Waals surface area contributed by atoms with E-state index in [1.165, 1.54) is 11.8 Å². The molecule has 0 saturated heterocycles. The Balaban J connectivity index is 1.94. The van der Waals surface area contributed by atoms with E-state index in [9.17, 15) is 9.59 Å². The average Bonchev–Trinajstić information content (AvgIpc) is 2.63. The van der Waals surface area contributed by atoms with Gasteiger partial charge in [-0.2, -0.15) is 0 Å². The molecule has 0 amide bonds. The molecule has 3 rings (SSSR count). The third-order valence-electron chi connectivity index (χ3n) is 3.76. The molecule has 128 valence electrons. The molecule has 0 saturated carbocycles. The molecule has 0 unspecified atom stereocenters. The molecule has 0 aliphatic carbocycles. The predicted octanol–water partition coefficient (Wildman–Crippen LogP) is 4.54.